The zero-order valence-corrected chi connectivity index (χ0v) is 17.6. The maximum absolute atomic E-state index is 12.7. The lowest BCUT2D eigenvalue weighted by molar-refractivity contribution is 0.172. The number of aromatic nitrogens is 1. The number of hydrogen-bond donors (Lipinski definition) is 3. The Morgan fingerprint density at radius 1 is 1.13 bits per heavy atom. The van der Waals surface area contributed by atoms with Crippen molar-refractivity contribution in [2.24, 2.45) is 0 Å². The lowest BCUT2D eigenvalue weighted by Gasteiger charge is -2.17. The van der Waals surface area contributed by atoms with Crippen molar-refractivity contribution in [3.63, 3.8) is 0 Å². The number of aryl methyl sites for hydroxylation is 2. The van der Waals surface area contributed by atoms with Crippen LogP contribution in [0.3, 0.4) is 0 Å². The second-order valence-corrected chi connectivity index (χ2v) is 9.68. The topological polar surface area (TPSA) is 118 Å². The summed E-state index contributed by atoms with van der Waals surface area (Å²) in [6.45, 7) is 1.45. The molecule has 2 aromatic rings. The largest absolute Gasteiger partial charge is 0.392 e. The fourth-order valence-corrected chi connectivity index (χ4v) is 5.31. The van der Waals surface area contributed by atoms with E-state index in [0.717, 1.165) is 78.2 Å². The van der Waals surface area contributed by atoms with Gasteiger partial charge in [0.1, 0.15) is 4.90 Å². The molecule has 0 bridgehead atoms. The van der Waals surface area contributed by atoms with Crippen LogP contribution in [0.5, 0.6) is 0 Å². The smallest absolute Gasteiger partial charge is 0.333 e. The third-order valence-electron chi connectivity index (χ3n) is 5.67. The first kappa shape index (κ1) is 20.6. The zero-order chi connectivity index (χ0) is 21.5. The Bertz CT molecular complexity index is 1140. The second-order valence-electron chi connectivity index (χ2n) is 8.00. The zero-order valence-electron chi connectivity index (χ0n) is 16.8. The Morgan fingerprint density at radius 3 is 2.37 bits per heavy atom. The van der Waals surface area contributed by atoms with Gasteiger partial charge in [0.15, 0.2) is 0 Å². The van der Waals surface area contributed by atoms with E-state index in [2.05, 4.69) is 11.4 Å². The molecular formula is C21H25N3O5S. The minimum atomic E-state index is -4.19. The second kappa shape index (κ2) is 7.88. The Morgan fingerprint density at radius 2 is 1.77 bits per heavy atom. The number of hydrogen-bond acceptors (Lipinski definition) is 5. The van der Waals surface area contributed by atoms with Crippen LogP contribution in [-0.2, 0) is 42.3 Å². The molecular weight excluding hydrogens is 406 g/mol. The number of aliphatic hydroxyl groups is 1. The van der Waals surface area contributed by atoms with Crippen LogP contribution in [0.1, 0.15) is 42.0 Å². The molecule has 1 aromatic heterocycles. The molecule has 1 aromatic carbocycles. The third kappa shape index (κ3) is 3.99. The molecule has 2 aliphatic carbocycles. The molecule has 2 amide bonds. The standard InChI is InChI=1S/C21H25N3O5S/c1-13(25)11-24-12-16(8-9-19(24)26)30(28,29)23-21(27)22-20-17-6-2-4-14(17)10-15-5-3-7-18(15)20/h8-10,12-13,25H,2-7,11H2,1H3,(H2,22,23,27). The molecule has 9 heteroatoms. The van der Waals surface area contributed by atoms with Gasteiger partial charge in [-0.3, -0.25) is 4.79 Å². The minimum absolute atomic E-state index is 0.0450. The van der Waals surface area contributed by atoms with E-state index in [-0.39, 0.29) is 11.4 Å². The van der Waals surface area contributed by atoms with Crippen molar-refractivity contribution in [2.45, 2.75) is 63.0 Å². The quantitative estimate of drug-likeness (QED) is 0.666. The molecule has 8 nitrogen and oxygen atoms in total. The molecule has 0 saturated heterocycles. The van der Waals surface area contributed by atoms with Crippen LogP contribution in [0.15, 0.2) is 34.1 Å². The van der Waals surface area contributed by atoms with Gasteiger partial charge in [-0.2, -0.15) is 0 Å². The molecule has 4 rings (SSSR count). The van der Waals surface area contributed by atoms with Crippen LogP contribution in [0.25, 0.3) is 0 Å². The van der Waals surface area contributed by atoms with Gasteiger partial charge in [0.05, 0.1) is 12.6 Å². The molecule has 30 heavy (non-hydrogen) atoms. The molecule has 0 aliphatic heterocycles. The number of benzene rings is 1. The SMILES string of the molecule is CC(O)Cn1cc(S(=O)(=O)NC(=O)Nc2c3c(cc4c2CCC4)CCC3)ccc1=O. The van der Waals surface area contributed by atoms with E-state index in [0.29, 0.717) is 0 Å². The number of urea groups is 1. The van der Waals surface area contributed by atoms with Gasteiger partial charge < -0.3 is 15.0 Å². The maximum atomic E-state index is 12.7. The van der Waals surface area contributed by atoms with Crippen LogP contribution >= 0.6 is 0 Å². The van der Waals surface area contributed by atoms with Gasteiger partial charge in [0, 0.05) is 18.0 Å². The van der Waals surface area contributed by atoms with Gasteiger partial charge in [-0.05, 0) is 73.8 Å². The number of carbonyl (C=O) groups excluding carboxylic acids is 1. The number of fused-ring (bicyclic) bond motifs is 2. The number of sulfonamides is 1. The number of rotatable bonds is 5. The van der Waals surface area contributed by atoms with Gasteiger partial charge in [-0.1, -0.05) is 6.07 Å². The fourth-order valence-electron chi connectivity index (χ4n) is 4.38. The van der Waals surface area contributed by atoms with E-state index in [1.165, 1.54) is 18.1 Å². The van der Waals surface area contributed by atoms with Crippen LogP contribution in [0, 0.1) is 0 Å². The fraction of sp³-hybridized carbons (Fsp3) is 0.429. The normalized spacial score (nSPS) is 16.1. The van der Waals surface area contributed by atoms with Crippen LogP contribution in [-0.4, -0.2) is 30.2 Å². The number of nitrogens with one attached hydrogen (secondary N) is 2. The highest BCUT2D eigenvalue weighted by Crippen LogP contribution is 2.38. The molecule has 3 N–H and O–H groups in total. The molecule has 2 aliphatic rings. The number of anilines is 1. The van der Waals surface area contributed by atoms with E-state index in [1.807, 2.05) is 4.72 Å². The van der Waals surface area contributed by atoms with E-state index in [4.69, 9.17) is 0 Å². The van der Waals surface area contributed by atoms with Gasteiger partial charge >= 0.3 is 6.03 Å². The number of pyridine rings is 1. The van der Waals surface area contributed by atoms with Crippen molar-refractivity contribution in [2.75, 3.05) is 5.32 Å². The van der Waals surface area contributed by atoms with Crippen LogP contribution < -0.4 is 15.6 Å². The van der Waals surface area contributed by atoms with E-state index < -0.39 is 27.7 Å². The van der Waals surface area contributed by atoms with Gasteiger partial charge in [0.25, 0.3) is 15.6 Å². The summed E-state index contributed by atoms with van der Waals surface area (Å²) in [7, 11) is -4.19. The molecule has 0 radical (unpaired) electrons. The van der Waals surface area contributed by atoms with E-state index >= 15 is 0 Å². The summed E-state index contributed by atoms with van der Waals surface area (Å²) in [5.74, 6) is 0. The first-order chi connectivity index (χ1) is 14.2. The lowest BCUT2D eigenvalue weighted by atomic mass is 9.99. The summed E-state index contributed by atoms with van der Waals surface area (Å²) >= 11 is 0. The Hall–Kier alpha value is -2.65. The summed E-state index contributed by atoms with van der Waals surface area (Å²) in [6, 6.07) is 3.66. The Balaban J connectivity index is 1.58. The Kier molecular flexibility index (Phi) is 5.42. The molecule has 1 heterocycles. The van der Waals surface area contributed by atoms with Crippen molar-refractivity contribution in [3.8, 4) is 0 Å². The number of carbonyl (C=O) groups is 1. The van der Waals surface area contributed by atoms with Crippen molar-refractivity contribution < 1.29 is 18.3 Å². The highest BCUT2D eigenvalue weighted by atomic mass is 32.2. The van der Waals surface area contributed by atoms with Gasteiger partial charge in [-0.25, -0.2) is 17.9 Å². The number of aliphatic hydroxyl groups excluding tert-OH is 1. The van der Waals surface area contributed by atoms with Crippen molar-refractivity contribution in [3.05, 3.63) is 57.0 Å². The van der Waals surface area contributed by atoms with Crippen LogP contribution in [0.2, 0.25) is 0 Å². The summed E-state index contributed by atoms with van der Waals surface area (Å²) in [4.78, 5) is 24.3. The summed E-state index contributed by atoms with van der Waals surface area (Å²) < 4.78 is 28.6. The summed E-state index contributed by atoms with van der Waals surface area (Å²) in [6.07, 6.45) is 6.05. The summed E-state index contributed by atoms with van der Waals surface area (Å²) in [5.41, 5.74) is 5.00. The van der Waals surface area contributed by atoms with Gasteiger partial charge in [-0.15, -0.1) is 0 Å². The molecule has 160 valence electrons. The lowest BCUT2D eigenvalue weighted by Crippen LogP contribution is -2.36. The maximum Gasteiger partial charge on any atom is 0.333 e. The minimum Gasteiger partial charge on any atom is -0.392 e. The number of amides is 2. The van der Waals surface area contributed by atoms with E-state index in [9.17, 15) is 23.1 Å². The first-order valence-corrected chi connectivity index (χ1v) is 11.6. The molecule has 0 fully saturated rings. The molecule has 1 atom stereocenters. The van der Waals surface area contributed by atoms with E-state index in [1.54, 1.807) is 0 Å². The monoisotopic (exact) mass is 431 g/mol. The van der Waals surface area contributed by atoms with Crippen molar-refractivity contribution in [1.82, 2.24) is 9.29 Å². The van der Waals surface area contributed by atoms with Crippen LogP contribution in [0.4, 0.5) is 10.5 Å². The van der Waals surface area contributed by atoms with Gasteiger partial charge in [0.2, 0.25) is 0 Å². The van der Waals surface area contributed by atoms with Crippen molar-refractivity contribution in [1.29, 1.82) is 0 Å². The third-order valence-corrected chi connectivity index (χ3v) is 6.98. The first-order valence-electron chi connectivity index (χ1n) is 10.1. The highest BCUT2D eigenvalue weighted by molar-refractivity contribution is 7.90. The Labute approximate surface area is 175 Å². The summed E-state index contributed by atoms with van der Waals surface area (Å²) in [5, 5.41) is 12.3. The highest BCUT2D eigenvalue weighted by Gasteiger charge is 2.26. The number of nitrogens with zero attached hydrogens (tertiary/aromatic N) is 1. The average molecular weight is 432 g/mol. The predicted molar refractivity (Wildman–Crippen MR) is 112 cm³/mol. The molecule has 0 saturated carbocycles. The molecule has 1 unspecified atom stereocenters. The molecule has 0 spiro atoms. The average Bonchev–Trinajstić information content (AvgIpc) is 3.31. The van der Waals surface area contributed by atoms with Crippen molar-refractivity contribution >= 4 is 21.7 Å². The predicted octanol–water partition coefficient (Wildman–Crippen LogP) is 1.72.